The molecule has 2 saturated carbocycles. The first kappa shape index (κ1) is 12.6. The highest BCUT2D eigenvalue weighted by molar-refractivity contribution is 6.16. The standard InChI is InChI=1S/C15H15ClF2N2/c16-7-12-19-11-4-3-10(17)13(18)14(11)20(12)8-15(5-6-15)9-1-2-9/h3-4,9H,1-2,5-8H2. The van der Waals surface area contributed by atoms with Gasteiger partial charge in [0.05, 0.1) is 11.4 Å². The Morgan fingerprint density at radius 2 is 2.05 bits per heavy atom. The molecule has 0 saturated heterocycles. The molecule has 1 aromatic heterocycles. The van der Waals surface area contributed by atoms with Crippen molar-refractivity contribution in [2.24, 2.45) is 11.3 Å². The second-order valence-corrected chi connectivity index (χ2v) is 6.38. The van der Waals surface area contributed by atoms with Gasteiger partial charge in [-0.15, -0.1) is 11.6 Å². The Balaban J connectivity index is 1.85. The van der Waals surface area contributed by atoms with Crippen molar-refractivity contribution in [1.82, 2.24) is 9.55 Å². The van der Waals surface area contributed by atoms with Gasteiger partial charge in [-0.1, -0.05) is 0 Å². The molecule has 1 aromatic carbocycles. The minimum Gasteiger partial charge on any atom is -0.324 e. The van der Waals surface area contributed by atoms with Crippen LogP contribution in [0.15, 0.2) is 12.1 Å². The highest BCUT2D eigenvalue weighted by Gasteiger charge is 2.54. The van der Waals surface area contributed by atoms with Crippen LogP contribution in [-0.2, 0) is 12.4 Å². The topological polar surface area (TPSA) is 17.8 Å². The normalized spacial score (nSPS) is 20.6. The van der Waals surface area contributed by atoms with Crippen LogP contribution in [0.4, 0.5) is 8.78 Å². The first-order chi connectivity index (χ1) is 9.64. The number of imidazole rings is 1. The van der Waals surface area contributed by atoms with Gasteiger partial charge in [-0.05, 0) is 49.1 Å². The minimum atomic E-state index is -0.823. The molecule has 20 heavy (non-hydrogen) atoms. The molecule has 0 unspecified atom stereocenters. The Labute approximate surface area is 120 Å². The molecule has 2 aromatic rings. The molecule has 0 amide bonds. The molecule has 2 aliphatic carbocycles. The van der Waals surface area contributed by atoms with E-state index in [1.807, 2.05) is 4.57 Å². The molecule has 0 aliphatic heterocycles. The number of alkyl halides is 1. The van der Waals surface area contributed by atoms with E-state index in [1.54, 1.807) is 0 Å². The summed E-state index contributed by atoms with van der Waals surface area (Å²) in [6.07, 6.45) is 4.88. The predicted molar refractivity (Wildman–Crippen MR) is 73.6 cm³/mol. The summed E-state index contributed by atoms with van der Waals surface area (Å²) in [5, 5.41) is 0. The zero-order chi connectivity index (χ0) is 13.9. The summed E-state index contributed by atoms with van der Waals surface area (Å²) in [4.78, 5) is 4.35. The molecule has 106 valence electrons. The van der Waals surface area contributed by atoms with Gasteiger partial charge in [-0.2, -0.15) is 0 Å². The van der Waals surface area contributed by atoms with Crippen LogP contribution in [0, 0.1) is 23.0 Å². The van der Waals surface area contributed by atoms with Crippen molar-refractivity contribution in [3.63, 3.8) is 0 Å². The summed E-state index contributed by atoms with van der Waals surface area (Å²) in [7, 11) is 0. The average molecular weight is 297 g/mol. The van der Waals surface area contributed by atoms with Crippen LogP contribution < -0.4 is 0 Å². The third kappa shape index (κ3) is 1.77. The fourth-order valence-electron chi connectivity index (χ4n) is 3.34. The van der Waals surface area contributed by atoms with Crippen LogP contribution >= 0.6 is 11.6 Å². The smallest absolute Gasteiger partial charge is 0.184 e. The van der Waals surface area contributed by atoms with Crippen LogP contribution in [0.25, 0.3) is 11.0 Å². The average Bonchev–Trinajstić information content (AvgIpc) is 3.31. The summed E-state index contributed by atoms with van der Waals surface area (Å²) >= 11 is 5.94. The van der Waals surface area contributed by atoms with Crippen molar-refractivity contribution in [2.75, 3.05) is 0 Å². The maximum Gasteiger partial charge on any atom is 0.184 e. The number of halogens is 3. The number of benzene rings is 1. The van der Waals surface area contributed by atoms with Crippen LogP contribution in [0.3, 0.4) is 0 Å². The quantitative estimate of drug-likeness (QED) is 0.772. The maximum atomic E-state index is 14.1. The van der Waals surface area contributed by atoms with Crippen molar-refractivity contribution >= 4 is 22.6 Å². The summed E-state index contributed by atoms with van der Waals surface area (Å²) in [5.74, 6) is -0.0249. The molecule has 5 heteroatoms. The van der Waals surface area contributed by atoms with E-state index < -0.39 is 11.6 Å². The Morgan fingerprint density at radius 3 is 2.65 bits per heavy atom. The number of rotatable bonds is 4. The molecular weight excluding hydrogens is 282 g/mol. The van der Waals surface area contributed by atoms with Crippen LogP contribution in [0.5, 0.6) is 0 Å². The maximum absolute atomic E-state index is 14.1. The Kier molecular flexibility index (Phi) is 2.62. The number of hydrogen-bond donors (Lipinski definition) is 0. The molecule has 2 fully saturated rings. The van der Waals surface area contributed by atoms with Crippen LogP contribution in [-0.4, -0.2) is 9.55 Å². The lowest BCUT2D eigenvalue weighted by Gasteiger charge is -2.17. The van der Waals surface area contributed by atoms with Crippen molar-refractivity contribution in [3.05, 3.63) is 29.6 Å². The molecule has 0 radical (unpaired) electrons. The van der Waals surface area contributed by atoms with Crippen molar-refractivity contribution in [3.8, 4) is 0 Å². The summed E-state index contributed by atoms with van der Waals surface area (Å²) in [5.41, 5.74) is 1.05. The van der Waals surface area contributed by atoms with Gasteiger partial charge in [-0.25, -0.2) is 13.8 Å². The van der Waals surface area contributed by atoms with Crippen molar-refractivity contribution in [2.45, 2.75) is 38.1 Å². The lowest BCUT2D eigenvalue weighted by molar-refractivity contribution is 0.368. The van der Waals surface area contributed by atoms with Gasteiger partial charge in [-0.3, -0.25) is 0 Å². The SMILES string of the molecule is Fc1ccc2nc(CCl)n(CC3(C4CC4)CC3)c2c1F. The molecule has 2 nitrogen and oxygen atoms in total. The second kappa shape index (κ2) is 4.17. The molecule has 0 bridgehead atoms. The molecule has 0 spiro atoms. The lowest BCUT2D eigenvalue weighted by Crippen LogP contribution is -2.16. The van der Waals surface area contributed by atoms with Gasteiger partial charge in [0.2, 0.25) is 0 Å². The summed E-state index contributed by atoms with van der Waals surface area (Å²) in [6.45, 7) is 0.719. The highest BCUT2D eigenvalue weighted by atomic mass is 35.5. The minimum absolute atomic E-state index is 0.219. The molecule has 0 N–H and O–H groups in total. The first-order valence-corrected chi connectivity index (χ1v) is 7.57. The number of fused-ring (bicyclic) bond motifs is 1. The zero-order valence-corrected chi connectivity index (χ0v) is 11.8. The number of hydrogen-bond acceptors (Lipinski definition) is 1. The van der Waals surface area contributed by atoms with Gasteiger partial charge in [0.15, 0.2) is 11.6 Å². The van der Waals surface area contributed by atoms with Gasteiger partial charge in [0, 0.05) is 6.54 Å². The number of aromatic nitrogens is 2. The van der Waals surface area contributed by atoms with E-state index in [1.165, 1.54) is 31.7 Å². The predicted octanol–water partition coefficient (Wildman–Crippen LogP) is 4.24. The van der Waals surface area contributed by atoms with E-state index >= 15 is 0 Å². The van der Waals surface area contributed by atoms with Gasteiger partial charge in [0.1, 0.15) is 11.3 Å². The van der Waals surface area contributed by atoms with Crippen LogP contribution in [0.2, 0.25) is 0 Å². The van der Waals surface area contributed by atoms with E-state index in [4.69, 9.17) is 11.6 Å². The van der Waals surface area contributed by atoms with Crippen molar-refractivity contribution < 1.29 is 8.78 Å². The molecule has 0 atom stereocenters. The summed E-state index contributed by atoms with van der Waals surface area (Å²) < 4.78 is 29.5. The van der Waals surface area contributed by atoms with Crippen LogP contribution in [0.1, 0.15) is 31.5 Å². The van der Waals surface area contributed by atoms with Gasteiger partial charge in [0.25, 0.3) is 0 Å². The Hall–Kier alpha value is -1.16. The Bertz CT molecular complexity index is 687. The highest BCUT2D eigenvalue weighted by Crippen LogP contribution is 2.62. The molecule has 4 rings (SSSR count). The van der Waals surface area contributed by atoms with E-state index in [2.05, 4.69) is 4.98 Å². The van der Waals surface area contributed by atoms with Gasteiger partial charge < -0.3 is 4.57 Å². The van der Waals surface area contributed by atoms with Gasteiger partial charge >= 0.3 is 0 Å². The van der Waals surface area contributed by atoms with E-state index in [0.717, 1.165) is 18.5 Å². The zero-order valence-electron chi connectivity index (χ0n) is 11.0. The first-order valence-electron chi connectivity index (χ1n) is 7.04. The molecule has 1 heterocycles. The van der Waals surface area contributed by atoms with Crippen molar-refractivity contribution in [1.29, 1.82) is 0 Å². The largest absolute Gasteiger partial charge is 0.324 e. The number of nitrogens with zero attached hydrogens (tertiary/aromatic N) is 2. The third-order valence-electron chi connectivity index (χ3n) is 4.81. The molecule has 2 aliphatic rings. The second-order valence-electron chi connectivity index (χ2n) is 6.11. The lowest BCUT2D eigenvalue weighted by atomic mass is 10.0. The summed E-state index contributed by atoms with van der Waals surface area (Å²) in [6, 6.07) is 2.65. The van der Waals surface area contributed by atoms with E-state index in [0.29, 0.717) is 11.3 Å². The van der Waals surface area contributed by atoms with E-state index in [-0.39, 0.29) is 16.8 Å². The monoisotopic (exact) mass is 296 g/mol. The van der Waals surface area contributed by atoms with E-state index in [9.17, 15) is 8.78 Å². The third-order valence-corrected chi connectivity index (χ3v) is 5.05. The fourth-order valence-corrected chi connectivity index (χ4v) is 3.55. The fraction of sp³-hybridized carbons (Fsp3) is 0.533. The molecular formula is C15H15ClF2N2. The Morgan fingerprint density at radius 1 is 1.30 bits per heavy atom.